The van der Waals surface area contributed by atoms with Crippen LogP contribution >= 0.6 is 0 Å². The molecule has 6 nitrogen and oxygen atoms in total. The van der Waals surface area contributed by atoms with Crippen LogP contribution in [0.2, 0.25) is 0 Å². The summed E-state index contributed by atoms with van der Waals surface area (Å²) in [6.45, 7) is 6.94. The van der Waals surface area contributed by atoms with Gasteiger partial charge in [-0.1, -0.05) is 0 Å². The molecule has 2 rings (SSSR count). The van der Waals surface area contributed by atoms with Crippen molar-refractivity contribution in [2.45, 2.75) is 64.1 Å². The van der Waals surface area contributed by atoms with Gasteiger partial charge in [0, 0.05) is 31.6 Å². The van der Waals surface area contributed by atoms with Crippen molar-refractivity contribution in [3.63, 3.8) is 0 Å². The highest BCUT2D eigenvalue weighted by atomic mass is 16.6. The molecule has 0 aromatic carbocycles. The topological polar surface area (TPSA) is 84.7 Å². The molecule has 2 atom stereocenters. The van der Waals surface area contributed by atoms with Gasteiger partial charge in [0.1, 0.15) is 5.60 Å². The molecule has 0 bridgehead atoms. The number of likely N-dealkylation sites (tertiary alicyclic amines) is 1. The van der Waals surface area contributed by atoms with Gasteiger partial charge in [0.05, 0.1) is 0 Å². The fourth-order valence-corrected chi connectivity index (χ4v) is 3.08. The summed E-state index contributed by atoms with van der Waals surface area (Å²) >= 11 is 0. The predicted octanol–water partition coefficient (Wildman–Crippen LogP) is 1.24. The van der Waals surface area contributed by atoms with Crippen molar-refractivity contribution >= 4 is 12.0 Å². The van der Waals surface area contributed by atoms with Gasteiger partial charge in [-0.3, -0.25) is 4.79 Å². The van der Waals surface area contributed by atoms with E-state index in [1.165, 1.54) is 0 Å². The number of carbonyl (C=O) groups excluding carboxylic acids is 2. The van der Waals surface area contributed by atoms with Crippen LogP contribution in [0.5, 0.6) is 0 Å². The maximum atomic E-state index is 12.0. The lowest BCUT2D eigenvalue weighted by atomic mass is 9.82. The van der Waals surface area contributed by atoms with Gasteiger partial charge in [-0.05, 0) is 46.0 Å². The number of ether oxygens (including phenoxy) is 1. The van der Waals surface area contributed by atoms with E-state index >= 15 is 0 Å². The van der Waals surface area contributed by atoms with E-state index in [-0.39, 0.29) is 24.1 Å². The monoisotopic (exact) mass is 297 g/mol. The fourth-order valence-electron chi connectivity index (χ4n) is 3.08. The van der Waals surface area contributed by atoms with E-state index in [2.05, 4.69) is 5.32 Å². The van der Waals surface area contributed by atoms with Crippen molar-refractivity contribution in [3.8, 4) is 0 Å². The largest absolute Gasteiger partial charge is 0.444 e. The SMILES string of the molecule is CC(C)(C)OC(=O)N1CCC(C2NC(=O)CCC2N)CC1. The number of piperidine rings is 2. The van der Waals surface area contributed by atoms with Crippen LogP contribution in [-0.2, 0) is 9.53 Å². The zero-order chi connectivity index (χ0) is 15.6. The van der Waals surface area contributed by atoms with E-state index in [4.69, 9.17) is 10.5 Å². The zero-order valence-electron chi connectivity index (χ0n) is 13.2. The minimum absolute atomic E-state index is 0.0285. The molecule has 0 radical (unpaired) electrons. The van der Waals surface area contributed by atoms with Crippen molar-refractivity contribution < 1.29 is 14.3 Å². The number of carbonyl (C=O) groups is 2. The van der Waals surface area contributed by atoms with Crippen LogP contribution in [-0.4, -0.2) is 47.7 Å². The molecule has 2 aliphatic rings. The second-order valence-corrected chi connectivity index (χ2v) is 7.10. The highest BCUT2D eigenvalue weighted by Gasteiger charge is 2.35. The van der Waals surface area contributed by atoms with Crippen molar-refractivity contribution in [1.82, 2.24) is 10.2 Å². The Bertz CT molecular complexity index is 397. The molecule has 120 valence electrons. The van der Waals surface area contributed by atoms with Crippen molar-refractivity contribution in [2.24, 2.45) is 11.7 Å². The Morgan fingerprint density at radius 2 is 1.90 bits per heavy atom. The highest BCUT2D eigenvalue weighted by molar-refractivity contribution is 5.77. The smallest absolute Gasteiger partial charge is 0.410 e. The lowest BCUT2D eigenvalue weighted by Gasteiger charge is -2.40. The van der Waals surface area contributed by atoms with Crippen molar-refractivity contribution in [1.29, 1.82) is 0 Å². The summed E-state index contributed by atoms with van der Waals surface area (Å²) in [5.41, 5.74) is 5.67. The number of nitrogens with one attached hydrogen (secondary N) is 1. The molecule has 2 unspecified atom stereocenters. The molecule has 6 heteroatoms. The predicted molar refractivity (Wildman–Crippen MR) is 79.7 cm³/mol. The van der Waals surface area contributed by atoms with Gasteiger partial charge in [-0.25, -0.2) is 4.79 Å². The first-order valence-electron chi connectivity index (χ1n) is 7.79. The van der Waals surface area contributed by atoms with Gasteiger partial charge < -0.3 is 20.7 Å². The zero-order valence-corrected chi connectivity index (χ0v) is 13.2. The highest BCUT2D eigenvalue weighted by Crippen LogP contribution is 2.26. The molecule has 2 fully saturated rings. The molecule has 0 spiro atoms. The molecule has 0 aliphatic carbocycles. The van der Waals surface area contributed by atoms with E-state index in [0.717, 1.165) is 19.3 Å². The Kier molecular flexibility index (Phi) is 4.76. The minimum atomic E-state index is -0.465. The summed E-state index contributed by atoms with van der Waals surface area (Å²) < 4.78 is 5.39. The van der Waals surface area contributed by atoms with Crippen LogP contribution in [0, 0.1) is 5.92 Å². The molecule has 0 saturated carbocycles. The maximum absolute atomic E-state index is 12.0. The van der Waals surface area contributed by atoms with Gasteiger partial charge >= 0.3 is 6.09 Å². The van der Waals surface area contributed by atoms with Gasteiger partial charge in [-0.15, -0.1) is 0 Å². The summed E-state index contributed by atoms with van der Waals surface area (Å²) in [5.74, 6) is 0.444. The molecule has 0 aromatic heterocycles. The van der Waals surface area contributed by atoms with E-state index in [1.54, 1.807) is 4.90 Å². The maximum Gasteiger partial charge on any atom is 0.410 e. The Morgan fingerprint density at radius 1 is 1.29 bits per heavy atom. The first-order chi connectivity index (χ1) is 9.76. The summed E-state index contributed by atoms with van der Waals surface area (Å²) in [6.07, 6.45) is 2.74. The van der Waals surface area contributed by atoms with Crippen LogP contribution in [0.4, 0.5) is 4.79 Å². The molecule has 21 heavy (non-hydrogen) atoms. The first-order valence-corrected chi connectivity index (χ1v) is 7.79. The van der Waals surface area contributed by atoms with E-state index in [1.807, 2.05) is 20.8 Å². The van der Waals surface area contributed by atoms with Crippen LogP contribution < -0.4 is 11.1 Å². The minimum Gasteiger partial charge on any atom is -0.444 e. The molecule has 2 amide bonds. The number of nitrogens with two attached hydrogens (primary N) is 1. The van der Waals surface area contributed by atoms with Crippen LogP contribution in [0.15, 0.2) is 0 Å². The number of hydrogen-bond acceptors (Lipinski definition) is 4. The van der Waals surface area contributed by atoms with Crippen molar-refractivity contribution in [2.75, 3.05) is 13.1 Å². The molecule has 2 saturated heterocycles. The summed E-state index contributed by atoms with van der Waals surface area (Å²) in [6, 6.07) is 0.0767. The lowest BCUT2D eigenvalue weighted by molar-refractivity contribution is -0.124. The second-order valence-electron chi connectivity index (χ2n) is 7.10. The number of hydrogen-bond donors (Lipinski definition) is 2. The van der Waals surface area contributed by atoms with Gasteiger partial charge in [0.15, 0.2) is 0 Å². The van der Waals surface area contributed by atoms with Crippen LogP contribution in [0.3, 0.4) is 0 Å². The number of nitrogens with zero attached hydrogens (tertiary/aromatic N) is 1. The average Bonchev–Trinajstić information content (AvgIpc) is 2.40. The summed E-state index contributed by atoms with van der Waals surface area (Å²) in [4.78, 5) is 25.3. The van der Waals surface area contributed by atoms with Gasteiger partial charge in [0.2, 0.25) is 5.91 Å². The normalized spacial score (nSPS) is 28.2. The fraction of sp³-hybridized carbons (Fsp3) is 0.867. The quantitative estimate of drug-likeness (QED) is 0.762. The lowest BCUT2D eigenvalue weighted by Crippen LogP contribution is -2.57. The third kappa shape index (κ3) is 4.33. The van der Waals surface area contributed by atoms with E-state index in [0.29, 0.717) is 25.4 Å². The summed E-state index contributed by atoms with van der Waals surface area (Å²) in [7, 11) is 0. The molecule has 0 aromatic rings. The molecular formula is C15H27N3O3. The summed E-state index contributed by atoms with van der Waals surface area (Å²) in [5, 5.41) is 3.02. The third-order valence-corrected chi connectivity index (χ3v) is 4.19. The average molecular weight is 297 g/mol. The molecular weight excluding hydrogens is 270 g/mol. The number of rotatable bonds is 1. The van der Waals surface area contributed by atoms with Crippen molar-refractivity contribution in [3.05, 3.63) is 0 Å². The van der Waals surface area contributed by atoms with Gasteiger partial charge in [-0.2, -0.15) is 0 Å². The Morgan fingerprint density at radius 3 is 2.48 bits per heavy atom. The third-order valence-electron chi connectivity index (χ3n) is 4.19. The molecule has 2 aliphatic heterocycles. The first kappa shape index (κ1) is 16.1. The Hall–Kier alpha value is -1.30. The number of amides is 2. The van der Waals surface area contributed by atoms with Gasteiger partial charge in [0.25, 0.3) is 0 Å². The van der Waals surface area contributed by atoms with E-state index < -0.39 is 5.60 Å². The second kappa shape index (κ2) is 6.22. The Labute approximate surface area is 126 Å². The molecule has 3 N–H and O–H groups in total. The van der Waals surface area contributed by atoms with E-state index in [9.17, 15) is 9.59 Å². The van der Waals surface area contributed by atoms with Crippen LogP contribution in [0.25, 0.3) is 0 Å². The molecule has 2 heterocycles. The standard InChI is InChI=1S/C15H27N3O3/c1-15(2,3)21-14(20)18-8-6-10(7-9-18)13-11(16)4-5-12(19)17-13/h10-11,13H,4-9,16H2,1-3H3,(H,17,19). The van der Waals surface area contributed by atoms with Crippen LogP contribution in [0.1, 0.15) is 46.5 Å². The Balaban J connectivity index is 1.85.